The van der Waals surface area contributed by atoms with Crippen molar-refractivity contribution in [2.45, 2.75) is 39.2 Å². The molecule has 0 aromatic heterocycles. The molecule has 7 heteroatoms. The van der Waals surface area contributed by atoms with Crippen LogP contribution in [-0.4, -0.2) is 56.7 Å². The van der Waals surface area contributed by atoms with Gasteiger partial charge in [-0.3, -0.25) is 0 Å². The van der Waals surface area contributed by atoms with Gasteiger partial charge >= 0.3 is 0 Å². The molecule has 0 aliphatic carbocycles. The highest BCUT2D eigenvalue weighted by Crippen LogP contribution is 2.15. The van der Waals surface area contributed by atoms with Gasteiger partial charge in [-0.15, -0.1) is 24.0 Å². The van der Waals surface area contributed by atoms with Gasteiger partial charge < -0.3 is 20.3 Å². The van der Waals surface area contributed by atoms with Crippen LogP contribution in [0.5, 0.6) is 5.75 Å². The summed E-state index contributed by atoms with van der Waals surface area (Å²) in [5.74, 6) is 1.74. The zero-order valence-electron chi connectivity index (χ0n) is 16.7. The molecule has 1 aliphatic rings. The van der Waals surface area contributed by atoms with E-state index in [-0.39, 0.29) is 35.9 Å². The van der Waals surface area contributed by atoms with Crippen LogP contribution in [0.1, 0.15) is 33.1 Å². The van der Waals surface area contributed by atoms with Gasteiger partial charge in [0.05, 0.1) is 6.54 Å². The number of likely N-dealkylation sites (tertiary alicyclic amines) is 1. The molecule has 1 aromatic rings. The summed E-state index contributed by atoms with van der Waals surface area (Å²) in [7, 11) is 2.18. The molecule has 0 bridgehead atoms. The lowest BCUT2D eigenvalue weighted by molar-refractivity contribution is 0.204. The maximum absolute atomic E-state index is 13.3. The Morgan fingerprint density at radius 1 is 1.37 bits per heavy atom. The van der Waals surface area contributed by atoms with Crippen molar-refractivity contribution in [3.05, 3.63) is 30.1 Å². The first-order chi connectivity index (χ1) is 12.6. The second kappa shape index (κ2) is 13.1. The van der Waals surface area contributed by atoms with Gasteiger partial charge in [0, 0.05) is 25.7 Å². The molecule has 2 rings (SSSR count). The molecule has 27 heavy (non-hydrogen) atoms. The van der Waals surface area contributed by atoms with Gasteiger partial charge in [-0.05, 0) is 57.8 Å². The highest BCUT2D eigenvalue weighted by molar-refractivity contribution is 14.0. The molecule has 0 radical (unpaired) electrons. The number of rotatable bonds is 8. The number of nitrogens with one attached hydrogen (secondary N) is 2. The van der Waals surface area contributed by atoms with Crippen LogP contribution < -0.4 is 15.4 Å². The van der Waals surface area contributed by atoms with Crippen LogP contribution in [0, 0.1) is 11.7 Å². The zero-order valence-corrected chi connectivity index (χ0v) is 19.0. The summed E-state index contributed by atoms with van der Waals surface area (Å²) < 4.78 is 19.2. The van der Waals surface area contributed by atoms with Crippen molar-refractivity contribution in [2.24, 2.45) is 10.9 Å². The predicted molar refractivity (Wildman–Crippen MR) is 121 cm³/mol. The molecular weight excluding hydrogens is 458 g/mol. The Bertz CT molecular complexity index is 573. The SMILES string of the molecule is CCNC(=NCC(CC)Oc1cccc(F)c1)NCC1CCCN(C)C1.I. The molecule has 154 valence electrons. The van der Waals surface area contributed by atoms with Crippen molar-refractivity contribution in [1.29, 1.82) is 0 Å². The number of aliphatic imine (C=N–C) groups is 1. The van der Waals surface area contributed by atoms with Crippen LogP contribution in [-0.2, 0) is 0 Å². The number of ether oxygens (including phenoxy) is 1. The van der Waals surface area contributed by atoms with Gasteiger partial charge in [-0.2, -0.15) is 0 Å². The molecule has 2 atom stereocenters. The molecular formula is C20H34FIN4O. The first-order valence-corrected chi connectivity index (χ1v) is 9.73. The summed E-state index contributed by atoms with van der Waals surface area (Å²) in [5, 5.41) is 6.76. The molecule has 0 saturated carbocycles. The van der Waals surface area contributed by atoms with Crippen LogP contribution in [0.25, 0.3) is 0 Å². The van der Waals surface area contributed by atoms with Crippen LogP contribution in [0.3, 0.4) is 0 Å². The van der Waals surface area contributed by atoms with Gasteiger partial charge in [-0.25, -0.2) is 9.38 Å². The average Bonchev–Trinajstić information content (AvgIpc) is 2.63. The Labute approximate surface area is 180 Å². The quantitative estimate of drug-likeness (QED) is 0.332. The number of hydrogen-bond acceptors (Lipinski definition) is 3. The second-order valence-electron chi connectivity index (χ2n) is 6.98. The minimum atomic E-state index is -0.284. The monoisotopic (exact) mass is 492 g/mol. The third kappa shape index (κ3) is 9.10. The fraction of sp³-hybridized carbons (Fsp3) is 0.650. The minimum absolute atomic E-state index is 0. The predicted octanol–water partition coefficient (Wildman–Crippen LogP) is 3.50. The van der Waals surface area contributed by atoms with E-state index in [2.05, 4.69) is 41.4 Å². The molecule has 2 unspecified atom stereocenters. The van der Waals surface area contributed by atoms with Crippen LogP contribution >= 0.6 is 24.0 Å². The van der Waals surface area contributed by atoms with E-state index in [1.54, 1.807) is 12.1 Å². The van der Waals surface area contributed by atoms with E-state index in [1.165, 1.54) is 31.5 Å². The van der Waals surface area contributed by atoms with Crippen LogP contribution in [0.15, 0.2) is 29.3 Å². The minimum Gasteiger partial charge on any atom is -0.488 e. The van der Waals surface area contributed by atoms with E-state index in [1.807, 2.05) is 0 Å². The lowest BCUT2D eigenvalue weighted by Gasteiger charge is -2.30. The first-order valence-electron chi connectivity index (χ1n) is 9.73. The van der Waals surface area contributed by atoms with Crippen LogP contribution in [0.4, 0.5) is 4.39 Å². The Morgan fingerprint density at radius 3 is 2.85 bits per heavy atom. The maximum atomic E-state index is 13.3. The number of hydrogen-bond donors (Lipinski definition) is 2. The van der Waals surface area contributed by atoms with Gasteiger partial charge in [0.1, 0.15) is 17.7 Å². The van der Waals surface area contributed by atoms with Gasteiger partial charge in [0.2, 0.25) is 0 Å². The Morgan fingerprint density at radius 2 is 2.19 bits per heavy atom. The van der Waals surface area contributed by atoms with E-state index in [0.717, 1.165) is 32.0 Å². The van der Waals surface area contributed by atoms with Crippen molar-refractivity contribution in [1.82, 2.24) is 15.5 Å². The Balaban J connectivity index is 0.00000364. The number of nitrogens with zero attached hydrogens (tertiary/aromatic N) is 2. The molecule has 0 spiro atoms. The molecule has 2 N–H and O–H groups in total. The number of piperidine rings is 1. The molecule has 1 aliphatic heterocycles. The second-order valence-corrected chi connectivity index (χ2v) is 6.98. The van der Waals surface area contributed by atoms with Crippen molar-refractivity contribution >= 4 is 29.9 Å². The molecule has 1 fully saturated rings. The lowest BCUT2D eigenvalue weighted by Crippen LogP contribution is -2.44. The van der Waals surface area contributed by atoms with Crippen molar-refractivity contribution in [2.75, 3.05) is 39.8 Å². The smallest absolute Gasteiger partial charge is 0.191 e. The van der Waals surface area contributed by atoms with E-state index < -0.39 is 0 Å². The highest BCUT2D eigenvalue weighted by atomic mass is 127. The normalized spacial score (nSPS) is 19.1. The largest absolute Gasteiger partial charge is 0.488 e. The topological polar surface area (TPSA) is 48.9 Å². The van der Waals surface area contributed by atoms with Gasteiger partial charge in [0.15, 0.2) is 5.96 Å². The highest BCUT2D eigenvalue weighted by Gasteiger charge is 2.17. The number of halogens is 2. The average molecular weight is 492 g/mol. The van der Waals surface area contributed by atoms with E-state index in [4.69, 9.17) is 4.74 Å². The van der Waals surface area contributed by atoms with Gasteiger partial charge in [-0.1, -0.05) is 13.0 Å². The number of benzene rings is 1. The summed E-state index contributed by atoms with van der Waals surface area (Å²) in [6.45, 7) is 8.72. The van der Waals surface area contributed by atoms with E-state index >= 15 is 0 Å². The van der Waals surface area contributed by atoms with Crippen molar-refractivity contribution < 1.29 is 9.13 Å². The first kappa shape index (κ1) is 23.9. The summed E-state index contributed by atoms with van der Waals surface area (Å²) in [6, 6.07) is 6.27. The van der Waals surface area contributed by atoms with E-state index in [0.29, 0.717) is 18.2 Å². The Hall–Kier alpha value is -1.09. The zero-order chi connectivity index (χ0) is 18.8. The van der Waals surface area contributed by atoms with E-state index in [9.17, 15) is 4.39 Å². The summed E-state index contributed by atoms with van der Waals surface area (Å²) in [6.07, 6.45) is 3.26. The third-order valence-corrected chi connectivity index (χ3v) is 4.63. The third-order valence-electron chi connectivity index (χ3n) is 4.63. The van der Waals surface area contributed by atoms with Crippen molar-refractivity contribution in [3.63, 3.8) is 0 Å². The number of guanidine groups is 1. The fourth-order valence-electron chi connectivity index (χ4n) is 3.20. The van der Waals surface area contributed by atoms with Gasteiger partial charge in [0.25, 0.3) is 0 Å². The van der Waals surface area contributed by atoms with Crippen LogP contribution in [0.2, 0.25) is 0 Å². The maximum Gasteiger partial charge on any atom is 0.191 e. The summed E-state index contributed by atoms with van der Waals surface area (Å²) >= 11 is 0. The fourth-order valence-corrected chi connectivity index (χ4v) is 3.20. The molecule has 1 aromatic carbocycles. The molecule has 5 nitrogen and oxygen atoms in total. The molecule has 0 amide bonds. The standard InChI is InChI=1S/C20H33FN4O.HI/c1-4-18(26-19-10-6-9-17(21)12-19)14-24-20(22-5-2)23-13-16-8-7-11-25(3)15-16;/h6,9-10,12,16,18H,4-5,7-8,11,13-15H2,1-3H3,(H2,22,23,24);1H. The lowest BCUT2D eigenvalue weighted by atomic mass is 9.99. The molecule has 1 saturated heterocycles. The van der Waals surface area contributed by atoms with Crippen molar-refractivity contribution in [3.8, 4) is 5.75 Å². The summed E-state index contributed by atoms with van der Waals surface area (Å²) in [5.41, 5.74) is 0. The molecule has 1 heterocycles. The Kier molecular flexibility index (Phi) is 11.7. The summed E-state index contributed by atoms with van der Waals surface area (Å²) in [4.78, 5) is 7.06.